The summed E-state index contributed by atoms with van der Waals surface area (Å²) in [5, 5.41) is 1.57. The molecule has 4 rings (SSSR count). The average molecular weight is 459 g/mol. The van der Waals surface area contributed by atoms with Crippen LogP contribution < -0.4 is 0 Å². The Kier molecular flexibility index (Phi) is 8.38. The maximum Gasteiger partial charge on any atom is 0.134 e. The van der Waals surface area contributed by atoms with Crippen molar-refractivity contribution in [3.63, 3.8) is 0 Å². The van der Waals surface area contributed by atoms with Gasteiger partial charge < -0.3 is 0 Å². The van der Waals surface area contributed by atoms with E-state index in [1.165, 1.54) is 18.4 Å². The summed E-state index contributed by atoms with van der Waals surface area (Å²) in [6.07, 6.45) is 6.43. The molecular weight excluding hydrogens is 427 g/mol. The Morgan fingerprint density at radius 3 is 1.77 bits per heavy atom. The molecule has 0 fully saturated rings. The first-order valence-electron chi connectivity index (χ1n) is 12.6. The fourth-order valence-corrected chi connectivity index (χ4v) is 4.10. The fraction of sp³-hybridized carbons (Fsp3) is 0.235. The van der Waals surface area contributed by atoms with Gasteiger partial charge in [0.2, 0.25) is 0 Å². The van der Waals surface area contributed by atoms with Gasteiger partial charge in [-0.25, -0.2) is 4.39 Å². The molecule has 35 heavy (non-hydrogen) atoms. The summed E-state index contributed by atoms with van der Waals surface area (Å²) >= 11 is 0. The summed E-state index contributed by atoms with van der Waals surface area (Å²) < 4.78 is 15.0. The van der Waals surface area contributed by atoms with Gasteiger partial charge in [-0.3, -0.25) is 0 Å². The molecule has 0 spiro atoms. The summed E-state index contributed by atoms with van der Waals surface area (Å²) in [6, 6.07) is 26.0. The highest BCUT2D eigenvalue weighted by atomic mass is 19.1. The molecule has 0 bridgehead atoms. The molecule has 0 aliphatic heterocycles. The first kappa shape index (κ1) is 24.3. The van der Waals surface area contributed by atoms with Gasteiger partial charge in [0, 0.05) is 27.6 Å². The first-order valence-corrected chi connectivity index (χ1v) is 12.6. The van der Waals surface area contributed by atoms with Crippen LogP contribution in [0.3, 0.4) is 0 Å². The summed E-state index contributed by atoms with van der Waals surface area (Å²) in [4.78, 5) is 0. The lowest BCUT2D eigenvalue weighted by atomic mass is 10.00. The van der Waals surface area contributed by atoms with Crippen LogP contribution in [0.4, 0.5) is 4.39 Å². The van der Waals surface area contributed by atoms with E-state index < -0.39 is 0 Å². The van der Waals surface area contributed by atoms with Crippen molar-refractivity contribution in [1.82, 2.24) is 0 Å². The van der Waals surface area contributed by atoms with Crippen LogP contribution in [0.15, 0.2) is 78.9 Å². The number of aryl methyl sites for hydroxylation is 2. The van der Waals surface area contributed by atoms with E-state index in [0.717, 1.165) is 58.9 Å². The standard InChI is InChI=1S/C34H31F/c1-3-5-6-7-8-31-22-23-32-25-30(21-24-33(32)34(31)35)20-19-29-17-15-28(16-18-29)14-13-27-11-9-26(4-2)10-12-27/h9-12,15-18,21-25H,3-8H2,1-2H3. The molecule has 0 aliphatic rings. The van der Waals surface area contributed by atoms with Crippen LogP contribution in [0.2, 0.25) is 0 Å². The number of unbranched alkanes of at least 4 members (excludes halogenated alkanes) is 3. The number of rotatable bonds is 6. The number of hydrogen-bond acceptors (Lipinski definition) is 0. The Labute approximate surface area is 209 Å². The maximum absolute atomic E-state index is 15.0. The van der Waals surface area contributed by atoms with E-state index in [2.05, 4.69) is 61.8 Å². The molecule has 0 saturated carbocycles. The highest BCUT2D eigenvalue weighted by Gasteiger charge is 2.07. The topological polar surface area (TPSA) is 0 Å². The number of halogens is 1. The summed E-state index contributed by atoms with van der Waals surface area (Å²) in [5.41, 5.74) is 5.92. The molecule has 0 aliphatic carbocycles. The molecule has 0 radical (unpaired) electrons. The second-order valence-corrected chi connectivity index (χ2v) is 8.91. The van der Waals surface area contributed by atoms with E-state index in [4.69, 9.17) is 0 Å². The van der Waals surface area contributed by atoms with E-state index in [0.29, 0.717) is 5.39 Å². The van der Waals surface area contributed by atoms with Crippen LogP contribution in [0, 0.1) is 29.5 Å². The van der Waals surface area contributed by atoms with Gasteiger partial charge in [0.25, 0.3) is 0 Å². The first-order chi connectivity index (χ1) is 17.2. The molecule has 0 amide bonds. The smallest absolute Gasteiger partial charge is 0.134 e. The lowest BCUT2D eigenvalue weighted by Crippen LogP contribution is -1.93. The van der Waals surface area contributed by atoms with Gasteiger partial charge in [-0.15, -0.1) is 0 Å². The van der Waals surface area contributed by atoms with E-state index in [1.807, 2.05) is 54.6 Å². The van der Waals surface area contributed by atoms with Crippen molar-refractivity contribution in [1.29, 1.82) is 0 Å². The maximum atomic E-state index is 15.0. The van der Waals surface area contributed by atoms with Crippen molar-refractivity contribution in [2.24, 2.45) is 0 Å². The zero-order valence-electron chi connectivity index (χ0n) is 20.6. The largest absolute Gasteiger partial charge is 0.206 e. The van der Waals surface area contributed by atoms with E-state index in [1.54, 1.807) is 0 Å². The summed E-state index contributed by atoms with van der Waals surface area (Å²) in [7, 11) is 0. The Bertz CT molecular complexity index is 1400. The molecule has 0 N–H and O–H groups in total. The lowest BCUT2D eigenvalue weighted by molar-refractivity contribution is 0.603. The Hall–Kier alpha value is -3.81. The van der Waals surface area contributed by atoms with Gasteiger partial charge in [0.1, 0.15) is 5.82 Å². The molecule has 0 aromatic heterocycles. The summed E-state index contributed by atoms with van der Waals surface area (Å²) in [5.74, 6) is 12.8. The predicted octanol–water partition coefficient (Wildman–Crippen LogP) is 8.46. The summed E-state index contributed by atoms with van der Waals surface area (Å²) in [6.45, 7) is 4.34. The highest BCUT2D eigenvalue weighted by molar-refractivity contribution is 5.85. The monoisotopic (exact) mass is 458 g/mol. The number of hydrogen-bond donors (Lipinski definition) is 0. The van der Waals surface area contributed by atoms with Gasteiger partial charge in [0.05, 0.1) is 0 Å². The zero-order valence-corrected chi connectivity index (χ0v) is 20.6. The minimum atomic E-state index is -0.0866. The fourth-order valence-electron chi connectivity index (χ4n) is 4.10. The van der Waals surface area contributed by atoms with Crippen molar-refractivity contribution in [3.05, 3.63) is 118 Å². The second kappa shape index (κ2) is 12.1. The van der Waals surface area contributed by atoms with E-state index >= 15 is 0 Å². The van der Waals surface area contributed by atoms with Crippen molar-refractivity contribution in [2.45, 2.75) is 52.4 Å². The van der Waals surface area contributed by atoms with Crippen LogP contribution in [0.1, 0.15) is 72.9 Å². The average Bonchev–Trinajstić information content (AvgIpc) is 2.90. The lowest BCUT2D eigenvalue weighted by Gasteiger charge is -2.07. The molecule has 1 heteroatoms. The van der Waals surface area contributed by atoms with Gasteiger partial charge in [-0.2, -0.15) is 0 Å². The Morgan fingerprint density at radius 1 is 0.600 bits per heavy atom. The van der Waals surface area contributed by atoms with Crippen LogP contribution in [0.25, 0.3) is 10.8 Å². The molecule has 0 nitrogen and oxygen atoms in total. The van der Waals surface area contributed by atoms with Crippen LogP contribution in [-0.2, 0) is 12.8 Å². The van der Waals surface area contributed by atoms with Gasteiger partial charge in [0.15, 0.2) is 0 Å². The van der Waals surface area contributed by atoms with Gasteiger partial charge in [-0.05, 0) is 84.3 Å². The van der Waals surface area contributed by atoms with Crippen LogP contribution >= 0.6 is 0 Å². The van der Waals surface area contributed by atoms with E-state index in [9.17, 15) is 4.39 Å². The third-order valence-electron chi connectivity index (χ3n) is 6.28. The minimum absolute atomic E-state index is 0.0866. The predicted molar refractivity (Wildman–Crippen MR) is 146 cm³/mol. The van der Waals surface area contributed by atoms with Crippen molar-refractivity contribution in [3.8, 4) is 23.7 Å². The minimum Gasteiger partial charge on any atom is -0.206 e. The number of benzene rings is 4. The molecular formula is C34H31F. The normalized spacial score (nSPS) is 10.4. The molecule has 0 atom stereocenters. The molecule has 174 valence electrons. The SMILES string of the molecule is CCCCCCc1ccc2cc(C#Cc3ccc(C#Cc4ccc(CC)cc4)cc3)ccc2c1F. The van der Waals surface area contributed by atoms with Crippen molar-refractivity contribution in [2.75, 3.05) is 0 Å². The third kappa shape index (κ3) is 6.62. The molecule has 4 aromatic rings. The zero-order chi connectivity index (χ0) is 24.5. The third-order valence-corrected chi connectivity index (χ3v) is 6.28. The molecule has 4 aromatic carbocycles. The molecule has 0 saturated heterocycles. The Balaban J connectivity index is 1.44. The second-order valence-electron chi connectivity index (χ2n) is 8.91. The van der Waals surface area contributed by atoms with E-state index in [-0.39, 0.29) is 5.82 Å². The highest BCUT2D eigenvalue weighted by Crippen LogP contribution is 2.24. The van der Waals surface area contributed by atoms with Crippen LogP contribution in [0.5, 0.6) is 0 Å². The number of fused-ring (bicyclic) bond motifs is 1. The molecule has 0 unspecified atom stereocenters. The molecule has 0 heterocycles. The van der Waals surface area contributed by atoms with Crippen LogP contribution in [-0.4, -0.2) is 0 Å². The Morgan fingerprint density at radius 2 is 1.17 bits per heavy atom. The van der Waals surface area contributed by atoms with Crippen molar-refractivity contribution >= 4 is 10.8 Å². The van der Waals surface area contributed by atoms with Gasteiger partial charge >= 0.3 is 0 Å². The quantitative estimate of drug-likeness (QED) is 0.201. The van der Waals surface area contributed by atoms with Crippen molar-refractivity contribution < 1.29 is 4.39 Å². The van der Waals surface area contributed by atoms with Gasteiger partial charge in [-0.1, -0.05) is 87.1 Å².